The van der Waals surface area contributed by atoms with Crippen LogP contribution in [-0.4, -0.2) is 40.2 Å². The third-order valence-electron chi connectivity index (χ3n) is 5.13. The van der Waals surface area contributed by atoms with Gasteiger partial charge in [0.25, 0.3) is 0 Å². The molecule has 1 aromatic carbocycles. The number of benzene rings is 1. The lowest BCUT2D eigenvalue weighted by atomic mass is 9.77. The molecule has 0 saturated carbocycles. The molecule has 0 aliphatic carbocycles. The van der Waals surface area contributed by atoms with Crippen LogP contribution in [0.15, 0.2) is 33.5 Å². The van der Waals surface area contributed by atoms with Crippen molar-refractivity contribution in [3.05, 3.63) is 34.8 Å². The standard InChI is InChI=1S/C17H22N2O4/c1-2-17(12-20)7-9-18(10-8-17)15(21)11-19-13-5-3-4-6-14(13)23-16(19)22/h3-6,20H,2,7-12H2,1H3. The van der Waals surface area contributed by atoms with Crippen molar-refractivity contribution in [1.29, 1.82) is 0 Å². The number of piperidine rings is 1. The number of fused-ring (bicyclic) bond motifs is 1. The first kappa shape index (κ1) is 15.8. The third-order valence-corrected chi connectivity index (χ3v) is 5.13. The molecule has 0 radical (unpaired) electrons. The topological polar surface area (TPSA) is 75.7 Å². The number of amides is 1. The van der Waals surface area contributed by atoms with E-state index in [1.807, 2.05) is 6.07 Å². The SMILES string of the molecule is CCC1(CO)CCN(C(=O)Cn2c(=O)oc3ccccc32)CC1. The van der Waals surface area contributed by atoms with E-state index in [0.717, 1.165) is 19.3 Å². The molecule has 6 heteroatoms. The fraction of sp³-hybridized carbons (Fsp3) is 0.529. The van der Waals surface area contributed by atoms with E-state index in [1.165, 1.54) is 4.57 Å². The Balaban J connectivity index is 1.73. The summed E-state index contributed by atoms with van der Waals surface area (Å²) in [7, 11) is 0. The summed E-state index contributed by atoms with van der Waals surface area (Å²) in [4.78, 5) is 26.2. The van der Waals surface area contributed by atoms with E-state index < -0.39 is 5.76 Å². The van der Waals surface area contributed by atoms with Gasteiger partial charge in [0.2, 0.25) is 5.91 Å². The van der Waals surface area contributed by atoms with Crippen LogP contribution in [0.25, 0.3) is 11.1 Å². The van der Waals surface area contributed by atoms with Crippen molar-refractivity contribution in [2.75, 3.05) is 19.7 Å². The van der Waals surface area contributed by atoms with Gasteiger partial charge < -0.3 is 14.4 Å². The van der Waals surface area contributed by atoms with Gasteiger partial charge in [-0.05, 0) is 36.8 Å². The predicted molar refractivity (Wildman–Crippen MR) is 86.1 cm³/mol. The van der Waals surface area contributed by atoms with Gasteiger partial charge in [-0.1, -0.05) is 19.1 Å². The molecular weight excluding hydrogens is 296 g/mol. The van der Waals surface area contributed by atoms with Gasteiger partial charge in [-0.3, -0.25) is 9.36 Å². The minimum atomic E-state index is -0.505. The molecular formula is C17H22N2O4. The van der Waals surface area contributed by atoms with Crippen LogP contribution in [-0.2, 0) is 11.3 Å². The van der Waals surface area contributed by atoms with Gasteiger partial charge in [-0.15, -0.1) is 0 Å². The molecule has 1 aliphatic heterocycles. The summed E-state index contributed by atoms with van der Waals surface area (Å²) in [6.45, 7) is 3.48. The number of hydrogen-bond donors (Lipinski definition) is 1. The largest absolute Gasteiger partial charge is 0.420 e. The van der Waals surface area contributed by atoms with E-state index in [4.69, 9.17) is 4.42 Å². The van der Waals surface area contributed by atoms with Gasteiger partial charge in [-0.25, -0.2) is 4.79 Å². The lowest BCUT2D eigenvalue weighted by Crippen LogP contribution is -2.46. The van der Waals surface area contributed by atoms with Crippen LogP contribution < -0.4 is 5.76 Å². The minimum absolute atomic E-state index is 0.00586. The van der Waals surface area contributed by atoms with Crippen molar-refractivity contribution >= 4 is 17.0 Å². The molecule has 3 rings (SSSR count). The van der Waals surface area contributed by atoms with Crippen molar-refractivity contribution in [1.82, 2.24) is 9.47 Å². The summed E-state index contributed by atoms with van der Waals surface area (Å²) in [5, 5.41) is 9.57. The maximum atomic E-state index is 12.5. The Kier molecular flexibility index (Phi) is 4.26. The van der Waals surface area contributed by atoms with E-state index in [9.17, 15) is 14.7 Å². The summed E-state index contributed by atoms with van der Waals surface area (Å²) < 4.78 is 6.54. The quantitative estimate of drug-likeness (QED) is 0.929. The number of rotatable bonds is 4. The van der Waals surface area contributed by atoms with Crippen molar-refractivity contribution in [3.63, 3.8) is 0 Å². The molecule has 2 aromatic rings. The molecule has 0 spiro atoms. The Morgan fingerprint density at radius 2 is 2.00 bits per heavy atom. The van der Waals surface area contributed by atoms with Gasteiger partial charge in [0.05, 0.1) is 5.52 Å². The fourth-order valence-corrected chi connectivity index (χ4v) is 3.25. The van der Waals surface area contributed by atoms with Gasteiger partial charge >= 0.3 is 5.76 Å². The number of carbonyl (C=O) groups excluding carboxylic acids is 1. The Morgan fingerprint density at radius 1 is 1.30 bits per heavy atom. The summed E-state index contributed by atoms with van der Waals surface area (Å²) in [6.07, 6.45) is 2.51. The molecule has 1 saturated heterocycles. The Hall–Kier alpha value is -2.08. The smallest absolute Gasteiger partial charge is 0.408 e. The van der Waals surface area contributed by atoms with Crippen molar-refractivity contribution in [3.8, 4) is 0 Å². The molecule has 0 unspecified atom stereocenters. The lowest BCUT2D eigenvalue weighted by molar-refractivity contribution is -0.134. The molecule has 2 heterocycles. The van der Waals surface area contributed by atoms with E-state index >= 15 is 0 Å². The highest BCUT2D eigenvalue weighted by Crippen LogP contribution is 2.34. The number of nitrogens with zero attached hydrogens (tertiary/aromatic N) is 2. The van der Waals surface area contributed by atoms with E-state index in [2.05, 4.69) is 6.92 Å². The molecule has 1 amide bonds. The number of likely N-dealkylation sites (tertiary alicyclic amines) is 1. The monoisotopic (exact) mass is 318 g/mol. The van der Waals surface area contributed by atoms with Crippen LogP contribution in [0.4, 0.5) is 0 Å². The van der Waals surface area contributed by atoms with Crippen LogP contribution in [0, 0.1) is 5.41 Å². The van der Waals surface area contributed by atoms with Crippen LogP contribution in [0.1, 0.15) is 26.2 Å². The van der Waals surface area contributed by atoms with Crippen LogP contribution in [0.5, 0.6) is 0 Å². The zero-order valence-electron chi connectivity index (χ0n) is 13.3. The van der Waals surface area contributed by atoms with Gasteiger partial charge in [0, 0.05) is 19.7 Å². The Bertz CT molecular complexity index is 747. The Labute approximate surface area is 134 Å². The first-order valence-corrected chi connectivity index (χ1v) is 8.05. The second kappa shape index (κ2) is 6.20. The molecule has 124 valence electrons. The number of oxazole rings is 1. The maximum Gasteiger partial charge on any atom is 0.420 e. The number of aromatic nitrogens is 1. The minimum Gasteiger partial charge on any atom is -0.408 e. The molecule has 1 aliphatic rings. The van der Waals surface area contributed by atoms with E-state index in [1.54, 1.807) is 23.1 Å². The zero-order valence-corrected chi connectivity index (χ0v) is 13.3. The van der Waals surface area contributed by atoms with Gasteiger partial charge in [0.1, 0.15) is 6.54 Å². The normalized spacial score (nSPS) is 17.6. The number of aliphatic hydroxyl groups is 1. The predicted octanol–water partition coefficient (Wildman–Crippen LogP) is 1.61. The van der Waals surface area contributed by atoms with Gasteiger partial charge in [-0.2, -0.15) is 0 Å². The van der Waals surface area contributed by atoms with Crippen molar-refractivity contribution in [2.24, 2.45) is 5.41 Å². The lowest BCUT2D eigenvalue weighted by Gasteiger charge is -2.40. The first-order chi connectivity index (χ1) is 11.1. The highest BCUT2D eigenvalue weighted by Gasteiger charge is 2.34. The number of para-hydroxylation sites is 2. The third kappa shape index (κ3) is 2.91. The first-order valence-electron chi connectivity index (χ1n) is 8.05. The van der Waals surface area contributed by atoms with Gasteiger partial charge in [0.15, 0.2) is 5.58 Å². The van der Waals surface area contributed by atoms with E-state index in [0.29, 0.717) is 24.2 Å². The molecule has 1 N–H and O–H groups in total. The Morgan fingerprint density at radius 3 is 2.65 bits per heavy atom. The number of aliphatic hydroxyl groups excluding tert-OH is 1. The molecule has 0 atom stereocenters. The van der Waals surface area contributed by atoms with E-state index in [-0.39, 0.29) is 24.5 Å². The average molecular weight is 318 g/mol. The highest BCUT2D eigenvalue weighted by atomic mass is 16.4. The second-order valence-corrected chi connectivity index (χ2v) is 6.31. The molecule has 6 nitrogen and oxygen atoms in total. The average Bonchev–Trinajstić information content (AvgIpc) is 2.90. The summed E-state index contributed by atoms with van der Waals surface area (Å²) in [5.41, 5.74) is 1.08. The molecule has 0 bridgehead atoms. The zero-order chi connectivity index (χ0) is 16.4. The number of hydrogen-bond acceptors (Lipinski definition) is 4. The highest BCUT2D eigenvalue weighted by molar-refractivity contribution is 5.79. The fourth-order valence-electron chi connectivity index (χ4n) is 3.25. The van der Waals surface area contributed by atoms with Crippen molar-refractivity contribution < 1.29 is 14.3 Å². The summed E-state index contributed by atoms with van der Waals surface area (Å²) in [6, 6.07) is 7.10. The van der Waals surface area contributed by atoms with Crippen molar-refractivity contribution in [2.45, 2.75) is 32.7 Å². The van der Waals surface area contributed by atoms with Crippen LogP contribution in [0.2, 0.25) is 0 Å². The molecule has 23 heavy (non-hydrogen) atoms. The second-order valence-electron chi connectivity index (χ2n) is 6.31. The number of carbonyl (C=O) groups is 1. The molecule has 1 aromatic heterocycles. The maximum absolute atomic E-state index is 12.5. The molecule has 1 fully saturated rings. The summed E-state index contributed by atoms with van der Waals surface area (Å²) in [5.74, 6) is -0.587. The van der Waals surface area contributed by atoms with Crippen LogP contribution in [0.3, 0.4) is 0 Å². The summed E-state index contributed by atoms with van der Waals surface area (Å²) >= 11 is 0. The van der Waals surface area contributed by atoms with Crippen LogP contribution >= 0.6 is 0 Å².